The van der Waals surface area contributed by atoms with Crippen LogP contribution in [0, 0.1) is 17.6 Å². The lowest BCUT2D eigenvalue weighted by atomic mass is 9.88. The van der Waals surface area contributed by atoms with Gasteiger partial charge in [-0.25, -0.2) is 8.78 Å². The van der Waals surface area contributed by atoms with Gasteiger partial charge in [-0.15, -0.1) is 0 Å². The van der Waals surface area contributed by atoms with Crippen molar-refractivity contribution in [2.45, 2.75) is 45.2 Å². The Balaban J connectivity index is 1.71. The predicted octanol–water partition coefficient (Wildman–Crippen LogP) is 3.53. The third-order valence-corrected chi connectivity index (χ3v) is 6.08. The highest BCUT2D eigenvalue weighted by Crippen LogP contribution is 2.23. The van der Waals surface area contributed by atoms with Crippen LogP contribution in [-0.2, 0) is 4.79 Å². The first kappa shape index (κ1) is 24.4. The Kier molecular flexibility index (Phi) is 8.14. The van der Waals surface area contributed by atoms with Gasteiger partial charge in [-0.3, -0.25) is 14.4 Å². The maximum atomic E-state index is 14.1. The Morgan fingerprint density at radius 3 is 2.24 bits per heavy atom. The van der Waals surface area contributed by atoms with E-state index < -0.39 is 23.6 Å². The van der Waals surface area contributed by atoms with Gasteiger partial charge in [0.05, 0.1) is 5.56 Å². The minimum atomic E-state index is -0.853. The molecule has 0 aliphatic carbocycles. The molecule has 0 unspecified atom stereocenters. The van der Waals surface area contributed by atoms with Gasteiger partial charge in [0, 0.05) is 24.7 Å². The molecule has 0 saturated carbocycles. The molecular weight excluding hydrogens is 428 g/mol. The lowest BCUT2D eigenvalue weighted by Gasteiger charge is -2.36. The number of hydrogen-bond donors (Lipinski definition) is 2. The molecular formula is C25H29F2N3O3. The molecule has 2 N–H and O–H groups in total. The minimum absolute atomic E-state index is 0.0782. The number of carbonyl (C=O) groups excluding carboxylic acids is 3. The molecule has 0 radical (unpaired) electrons. The Bertz CT molecular complexity index is 989. The van der Waals surface area contributed by atoms with Crippen molar-refractivity contribution in [1.82, 2.24) is 15.5 Å². The first-order chi connectivity index (χ1) is 15.8. The third kappa shape index (κ3) is 6.15. The minimum Gasteiger partial charge on any atom is -0.352 e. The van der Waals surface area contributed by atoms with E-state index in [1.54, 1.807) is 11.0 Å². The van der Waals surface area contributed by atoms with Crippen molar-refractivity contribution >= 4 is 17.7 Å². The number of piperidine rings is 1. The Morgan fingerprint density at radius 1 is 1.00 bits per heavy atom. The molecule has 0 aromatic heterocycles. The average Bonchev–Trinajstić information content (AvgIpc) is 2.82. The number of nitrogens with zero attached hydrogens (tertiary/aromatic N) is 1. The molecule has 0 spiro atoms. The van der Waals surface area contributed by atoms with Gasteiger partial charge in [0.25, 0.3) is 11.8 Å². The van der Waals surface area contributed by atoms with Crippen molar-refractivity contribution in [1.29, 1.82) is 0 Å². The molecule has 3 amide bonds. The van der Waals surface area contributed by atoms with Crippen LogP contribution in [0.25, 0.3) is 0 Å². The van der Waals surface area contributed by atoms with E-state index in [1.165, 1.54) is 42.5 Å². The van der Waals surface area contributed by atoms with Crippen LogP contribution in [0.4, 0.5) is 8.78 Å². The van der Waals surface area contributed by atoms with E-state index in [4.69, 9.17) is 0 Å². The summed E-state index contributed by atoms with van der Waals surface area (Å²) in [6, 6.07) is 10.1. The Hall–Kier alpha value is -3.29. The normalized spacial score (nSPS) is 16.1. The van der Waals surface area contributed by atoms with Crippen LogP contribution in [0.5, 0.6) is 0 Å². The van der Waals surface area contributed by atoms with Crippen LogP contribution in [-0.4, -0.2) is 47.8 Å². The second-order valence-corrected chi connectivity index (χ2v) is 8.39. The summed E-state index contributed by atoms with van der Waals surface area (Å²) in [6.07, 6.45) is 1.70. The van der Waals surface area contributed by atoms with Gasteiger partial charge in [-0.05, 0) is 68.5 Å². The van der Waals surface area contributed by atoms with E-state index in [-0.39, 0.29) is 29.3 Å². The lowest BCUT2D eigenvalue weighted by Crippen LogP contribution is -2.55. The van der Waals surface area contributed by atoms with Gasteiger partial charge in [0.1, 0.15) is 17.7 Å². The highest BCUT2D eigenvalue weighted by atomic mass is 19.1. The summed E-state index contributed by atoms with van der Waals surface area (Å²) < 4.78 is 27.3. The molecule has 176 valence electrons. The van der Waals surface area contributed by atoms with Gasteiger partial charge >= 0.3 is 0 Å². The van der Waals surface area contributed by atoms with E-state index in [1.807, 2.05) is 13.8 Å². The topological polar surface area (TPSA) is 78.5 Å². The first-order valence-corrected chi connectivity index (χ1v) is 11.2. The monoisotopic (exact) mass is 457 g/mol. The predicted molar refractivity (Wildman–Crippen MR) is 121 cm³/mol. The van der Waals surface area contributed by atoms with E-state index in [2.05, 4.69) is 10.6 Å². The molecule has 1 saturated heterocycles. The van der Waals surface area contributed by atoms with Crippen molar-refractivity contribution in [2.24, 2.45) is 5.92 Å². The van der Waals surface area contributed by atoms with Crippen molar-refractivity contribution in [3.63, 3.8) is 0 Å². The van der Waals surface area contributed by atoms with E-state index >= 15 is 0 Å². The van der Waals surface area contributed by atoms with E-state index in [0.717, 1.165) is 6.42 Å². The van der Waals surface area contributed by atoms with Crippen LogP contribution in [0.1, 0.15) is 53.8 Å². The number of carbonyl (C=O) groups is 3. The average molecular weight is 458 g/mol. The number of halogens is 2. The van der Waals surface area contributed by atoms with Crippen LogP contribution < -0.4 is 10.6 Å². The Morgan fingerprint density at radius 2 is 1.64 bits per heavy atom. The van der Waals surface area contributed by atoms with Crippen molar-refractivity contribution in [3.05, 3.63) is 71.3 Å². The van der Waals surface area contributed by atoms with Crippen molar-refractivity contribution in [2.75, 3.05) is 13.1 Å². The maximum absolute atomic E-state index is 14.1. The number of rotatable bonds is 7. The summed E-state index contributed by atoms with van der Waals surface area (Å²) in [7, 11) is 0. The molecule has 8 heteroatoms. The highest BCUT2D eigenvalue weighted by Gasteiger charge is 2.35. The molecule has 0 bridgehead atoms. The maximum Gasteiger partial charge on any atom is 0.254 e. The fourth-order valence-electron chi connectivity index (χ4n) is 3.91. The standard InChI is InChI=1S/C25H29F2N3O3/c1-3-16(2)28-24(32)22(29-23(31)20-6-4-5-7-21(20)27)17-12-14-30(15-13-17)25(33)18-8-10-19(26)11-9-18/h4-11,16-17,22H,3,12-15H2,1-2H3,(H,28,32)(H,29,31)/t16-,22-/m1/s1. The number of hydrogen-bond acceptors (Lipinski definition) is 3. The molecule has 3 rings (SSSR count). The molecule has 2 aromatic rings. The van der Waals surface area contributed by atoms with E-state index in [0.29, 0.717) is 31.5 Å². The molecule has 1 heterocycles. The zero-order valence-corrected chi connectivity index (χ0v) is 18.8. The lowest BCUT2D eigenvalue weighted by molar-refractivity contribution is -0.125. The molecule has 1 fully saturated rings. The Labute approximate surface area is 192 Å². The molecule has 2 aromatic carbocycles. The zero-order valence-electron chi connectivity index (χ0n) is 18.8. The molecule has 2 atom stereocenters. The fourth-order valence-corrected chi connectivity index (χ4v) is 3.91. The summed E-state index contributed by atoms with van der Waals surface area (Å²) in [5.74, 6) is -2.46. The summed E-state index contributed by atoms with van der Waals surface area (Å²) in [5.41, 5.74) is 0.275. The van der Waals surface area contributed by atoms with Gasteiger partial charge in [0.2, 0.25) is 5.91 Å². The van der Waals surface area contributed by atoms with E-state index in [9.17, 15) is 23.2 Å². The molecule has 1 aliphatic heterocycles. The van der Waals surface area contributed by atoms with Gasteiger partial charge in [-0.1, -0.05) is 19.1 Å². The second-order valence-electron chi connectivity index (χ2n) is 8.39. The van der Waals surface area contributed by atoms with Crippen LogP contribution in [0.3, 0.4) is 0 Å². The second kappa shape index (κ2) is 11.0. The summed E-state index contributed by atoms with van der Waals surface area (Å²) >= 11 is 0. The number of amides is 3. The van der Waals surface area contributed by atoms with Crippen LogP contribution in [0.2, 0.25) is 0 Å². The molecule has 33 heavy (non-hydrogen) atoms. The highest BCUT2D eigenvalue weighted by molar-refractivity contribution is 5.98. The first-order valence-electron chi connectivity index (χ1n) is 11.2. The summed E-state index contributed by atoms with van der Waals surface area (Å²) in [6.45, 7) is 4.60. The number of likely N-dealkylation sites (tertiary alicyclic amines) is 1. The summed E-state index contributed by atoms with van der Waals surface area (Å²) in [4.78, 5) is 40.1. The third-order valence-electron chi connectivity index (χ3n) is 6.08. The van der Waals surface area contributed by atoms with Crippen molar-refractivity contribution < 1.29 is 23.2 Å². The van der Waals surface area contributed by atoms with Gasteiger partial charge in [-0.2, -0.15) is 0 Å². The fraction of sp³-hybridized carbons (Fsp3) is 0.400. The van der Waals surface area contributed by atoms with Crippen molar-refractivity contribution in [3.8, 4) is 0 Å². The number of nitrogens with one attached hydrogen (secondary N) is 2. The zero-order chi connectivity index (χ0) is 24.0. The smallest absolute Gasteiger partial charge is 0.254 e. The molecule has 6 nitrogen and oxygen atoms in total. The summed E-state index contributed by atoms with van der Waals surface area (Å²) in [5, 5.41) is 5.62. The molecule has 1 aliphatic rings. The van der Waals surface area contributed by atoms with Crippen LogP contribution >= 0.6 is 0 Å². The van der Waals surface area contributed by atoms with Gasteiger partial charge in [0.15, 0.2) is 0 Å². The van der Waals surface area contributed by atoms with Crippen LogP contribution in [0.15, 0.2) is 48.5 Å². The largest absolute Gasteiger partial charge is 0.352 e. The SMILES string of the molecule is CC[C@@H](C)NC(=O)[C@H](NC(=O)c1ccccc1F)C1CCN(C(=O)c2ccc(F)cc2)CC1. The number of benzene rings is 2. The quantitative estimate of drug-likeness (QED) is 0.668. The van der Waals surface area contributed by atoms with Gasteiger partial charge < -0.3 is 15.5 Å².